The molecule has 0 radical (unpaired) electrons. The molecule has 24 heavy (non-hydrogen) atoms. The Kier molecular flexibility index (Phi) is 3.89. The lowest BCUT2D eigenvalue weighted by Crippen LogP contribution is -2.13. The second-order valence-electron chi connectivity index (χ2n) is 5.60. The minimum atomic E-state index is -4.41. The number of allylic oxidation sites excluding steroid dienone is 8. The van der Waals surface area contributed by atoms with Crippen molar-refractivity contribution in [2.45, 2.75) is 12.6 Å². The number of thioether (sulfide) groups is 2. The van der Waals surface area contributed by atoms with Gasteiger partial charge >= 0.3 is 6.18 Å². The number of hydrogen-bond donors (Lipinski definition) is 1. The SMILES string of the molecule is OCC1=NCC2=CC(C(F)(F)F)=CC3=C4SC=CC=C4CC3=C2S1. The van der Waals surface area contributed by atoms with E-state index >= 15 is 0 Å². The maximum atomic E-state index is 13.4. The summed E-state index contributed by atoms with van der Waals surface area (Å²) in [4.78, 5) is 5.88. The molecule has 4 aliphatic rings. The highest BCUT2D eigenvalue weighted by Crippen LogP contribution is 2.52. The molecule has 0 spiro atoms. The van der Waals surface area contributed by atoms with Crippen LogP contribution in [0.4, 0.5) is 13.2 Å². The van der Waals surface area contributed by atoms with Crippen LogP contribution in [0.5, 0.6) is 0 Å². The largest absolute Gasteiger partial charge is 0.416 e. The number of aliphatic hydroxyl groups is 1. The first kappa shape index (κ1) is 16.1. The highest BCUT2D eigenvalue weighted by Gasteiger charge is 2.38. The molecule has 2 aliphatic carbocycles. The van der Waals surface area contributed by atoms with Crippen molar-refractivity contribution in [2.24, 2.45) is 4.99 Å². The quantitative estimate of drug-likeness (QED) is 0.732. The van der Waals surface area contributed by atoms with Crippen molar-refractivity contribution in [3.05, 3.63) is 67.4 Å². The van der Waals surface area contributed by atoms with Gasteiger partial charge in [-0.1, -0.05) is 35.7 Å². The van der Waals surface area contributed by atoms with Gasteiger partial charge in [-0.2, -0.15) is 13.2 Å². The van der Waals surface area contributed by atoms with Gasteiger partial charge in [-0.05, 0) is 39.9 Å². The average molecular weight is 367 g/mol. The van der Waals surface area contributed by atoms with Crippen molar-refractivity contribution >= 4 is 28.6 Å². The minimum absolute atomic E-state index is 0.169. The van der Waals surface area contributed by atoms with Crippen molar-refractivity contribution in [2.75, 3.05) is 13.2 Å². The molecular formula is C17H12F3NOS2. The number of fused-ring (bicyclic) bond motifs is 3. The summed E-state index contributed by atoms with van der Waals surface area (Å²) >= 11 is 2.74. The molecule has 0 unspecified atom stereocenters. The van der Waals surface area contributed by atoms with Crippen molar-refractivity contribution in [3.8, 4) is 0 Å². The molecule has 4 rings (SSSR count). The van der Waals surface area contributed by atoms with Gasteiger partial charge in [0.25, 0.3) is 0 Å². The fourth-order valence-corrected chi connectivity index (χ4v) is 4.91. The summed E-state index contributed by atoms with van der Waals surface area (Å²) in [5.74, 6) is 0. The third-order valence-corrected chi connectivity index (χ3v) is 6.31. The van der Waals surface area contributed by atoms with Gasteiger partial charge in [0, 0.05) is 16.2 Å². The lowest BCUT2D eigenvalue weighted by atomic mass is 10.1. The summed E-state index contributed by atoms with van der Waals surface area (Å²) in [5, 5.41) is 11.8. The van der Waals surface area contributed by atoms with Gasteiger partial charge in [0.05, 0.1) is 23.8 Å². The van der Waals surface area contributed by atoms with Gasteiger partial charge in [-0.25, -0.2) is 0 Å². The van der Waals surface area contributed by atoms with Crippen molar-refractivity contribution in [3.63, 3.8) is 0 Å². The monoisotopic (exact) mass is 367 g/mol. The highest BCUT2D eigenvalue weighted by atomic mass is 32.2. The van der Waals surface area contributed by atoms with Crippen molar-refractivity contribution in [1.29, 1.82) is 0 Å². The molecule has 0 amide bonds. The Balaban J connectivity index is 1.94. The Morgan fingerprint density at radius 1 is 1.17 bits per heavy atom. The zero-order chi connectivity index (χ0) is 16.9. The number of halogens is 3. The smallest absolute Gasteiger partial charge is 0.389 e. The van der Waals surface area contributed by atoms with Crippen molar-refractivity contribution < 1.29 is 18.3 Å². The third kappa shape index (κ3) is 2.64. The van der Waals surface area contributed by atoms with E-state index in [1.165, 1.54) is 35.7 Å². The average Bonchev–Trinajstić information content (AvgIpc) is 2.83. The fraction of sp³-hybridized carbons (Fsp3) is 0.235. The summed E-state index contributed by atoms with van der Waals surface area (Å²) in [6, 6.07) is 0. The lowest BCUT2D eigenvalue weighted by molar-refractivity contribution is -0.0882. The van der Waals surface area contributed by atoms with Crippen LogP contribution in [0.3, 0.4) is 0 Å². The molecular weight excluding hydrogens is 355 g/mol. The number of hydrogen-bond acceptors (Lipinski definition) is 4. The summed E-state index contributed by atoms with van der Waals surface area (Å²) in [6.07, 6.45) is 2.54. The minimum Gasteiger partial charge on any atom is -0.389 e. The van der Waals surface area contributed by atoms with Crippen LogP contribution < -0.4 is 0 Å². The normalized spacial score (nSPS) is 23.0. The maximum Gasteiger partial charge on any atom is 0.416 e. The van der Waals surface area contributed by atoms with E-state index in [9.17, 15) is 18.3 Å². The van der Waals surface area contributed by atoms with Crippen LogP contribution in [-0.4, -0.2) is 29.5 Å². The molecule has 0 saturated carbocycles. The van der Waals surface area contributed by atoms with Crippen molar-refractivity contribution in [1.82, 2.24) is 0 Å². The van der Waals surface area contributed by atoms with Crippen LogP contribution in [0, 0.1) is 0 Å². The molecule has 2 aliphatic heterocycles. The highest BCUT2D eigenvalue weighted by molar-refractivity contribution is 8.17. The molecule has 0 aromatic carbocycles. The van der Waals surface area contributed by atoms with Gasteiger partial charge in [-0.3, -0.25) is 4.99 Å². The van der Waals surface area contributed by atoms with Crippen LogP contribution in [0.15, 0.2) is 72.4 Å². The zero-order valence-electron chi connectivity index (χ0n) is 12.4. The third-order valence-electron chi connectivity index (χ3n) is 4.09. The van der Waals surface area contributed by atoms with E-state index < -0.39 is 11.7 Å². The van der Waals surface area contributed by atoms with Gasteiger partial charge in [0.1, 0.15) is 0 Å². The molecule has 0 saturated heterocycles. The molecule has 0 fully saturated rings. The van der Waals surface area contributed by atoms with Crippen LogP contribution in [-0.2, 0) is 0 Å². The Bertz CT molecular complexity index is 838. The predicted octanol–water partition coefficient (Wildman–Crippen LogP) is 4.65. The first-order chi connectivity index (χ1) is 11.5. The Morgan fingerprint density at radius 2 is 2.00 bits per heavy atom. The topological polar surface area (TPSA) is 32.6 Å². The summed E-state index contributed by atoms with van der Waals surface area (Å²) < 4.78 is 40.3. The van der Waals surface area contributed by atoms with Gasteiger partial charge < -0.3 is 5.11 Å². The molecule has 2 nitrogen and oxygen atoms in total. The number of nitrogens with zero attached hydrogens (tertiary/aromatic N) is 1. The van der Waals surface area contributed by atoms with Gasteiger partial charge in [-0.15, -0.1) is 0 Å². The second kappa shape index (κ2) is 5.82. The van der Waals surface area contributed by atoms with Crippen LogP contribution >= 0.6 is 23.5 Å². The first-order valence-corrected chi connectivity index (χ1v) is 8.99. The van der Waals surface area contributed by atoms with E-state index in [-0.39, 0.29) is 13.2 Å². The zero-order valence-corrected chi connectivity index (χ0v) is 14.0. The van der Waals surface area contributed by atoms with E-state index in [0.717, 1.165) is 21.0 Å². The maximum absolute atomic E-state index is 13.4. The van der Waals surface area contributed by atoms with Crippen LogP contribution in [0.25, 0.3) is 0 Å². The summed E-state index contributed by atoms with van der Waals surface area (Å²) in [7, 11) is 0. The lowest BCUT2D eigenvalue weighted by Gasteiger charge is -2.19. The molecule has 0 aromatic heterocycles. The van der Waals surface area contributed by atoms with E-state index in [1.807, 2.05) is 17.6 Å². The Hall–Kier alpha value is -1.44. The first-order valence-electron chi connectivity index (χ1n) is 7.30. The van der Waals surface area contributed by atoms with Crippen LogP contribution in [0.2, 0.25) is 0 Å². The van der Waals surface area contributed by atoms with Gasteiger partial charge in [0.2, 0.25) is 0 Å². The molecule has 0 aromatic rings. The van der Waals surface area contributed by atoms with E-state index in [0.29, 0.717) is 22.6 Å². The number of aliphatic hydroxyl groups excluding tert-OH is 1. The Morgan fingerprint density at radius 3 is 2.75 bits per heavy atom. The number of aliphatic imine (C=N–C) groups is 1. The standard InChI is InChI=1S/C17H12F3NOS2/c18-17(19,20)11-4-10-7-21-14(8-22)24-16(10)12-5-9-2-1-3-23-15(9)13(12)6-11/h1-4,6,22H,5,7-8H2. The molecule has 0 atom stereocenters. The summed E-state index contributed by atoms with van der Waals surface area (Å²) in [5.41, 5.74) is 2.53. The Labute approximate surface area is 145 Å². The molecule has 124 valence electrons. The molecule has 1 N–H and O–H groups in total. The second-order valence-corrected chi connectivity index (χ2v) is 7.60. The van der Waals surface area contributed by atoms with Crippen LogP contribution in [0.1, 0.15) is 6.42 Å². The fourth-order valence-electron chi connectivity index (χ4n) is 3.03. The van der Waals surface area contributed by atoms with E-state index in [2.05, 4.69) is 4.99 Å². The summed E-state index contributed by atoms with van der Waals surface area (Å²) in [6.45, 7) is -0.0264. The van der Waals surface area contributed by atoms with E-state index in [4.69, 9.17) is 0 Å². The molecule has 2 heterocycles. The predicted molar refractivity (Wildman–Crippen MR) is 92.7 cm³/mol. The number of rotatable bonds is 1. The van der Waals surface area contributed by atoms with Gasteiger partial charge in [0.15, 0.2) is 0 Å². The number of alkyl halides is 3. The molecule has 0 bridgehead atoms. The molecule has 7 heteroatoms. The van der Waals surface area contributed by atoms with E-state index in [1.54, 1.807) is 0 Å².